The van der Waals surface area contributed by atoms with Crippen LogP contribution in [0.2, 0.25) is 0 Å². The van der Waals surface area contributed by atoms with Gasteiger partial charge in [0.15, 0.2) is 5.78 Å². The van der Waals surface area contributed by atoms with E-state index in [2.05, 4.69) is 72.5 Å². The second kappa shape index (κ2) is 9.70. The van der Waals surface area contributed by atoms with Crippen LogP contribution in [-0.4, -0.2) is 64.4 Å². The van der Waals surface area contributed by atoms with E-state index >= 15 is 0 Å². The van der Waals surface area contributed by atoms with E-state index in [4.69, 9.17) is 4.74 Å². The molecule has 7 rings (SSSR count). The van der Waals surface area contributed by atoms with Gasteiger partial charge >= 0.3 is 0 Å². The summed E-state index contributed by atoms with van der Waals surface area (Å²) in [7, 11) is 3.92. The highest BCUT2D eigenvalue weighted by Gasteiger charge is 2.75. The number of Topliss-reactive ketones (excluding diaryl/α,β-unsaturated/α-hetero) is 1. The van der Waals surface area contributed by atoms with Crippen molar-refractivity contribution in [2.24, 2.45) is 5.41 Å². The number of hydrogen-bond donors (Lipinski definition) is 0. The molecule has 1 amide bonds. The Labute approximate surface area is 250 Å². The molecular weight excluding hydrogens is 522 g/mol. The number of aryl methyl sites for hydroxylation is 1. The number of aromatic nitrogens is 1. The van der Waals surface area contributed by atoms with Gasteiger partial charge in [-0.25, -0.2) is 0 Å². The molecule has 6 heteroatoms. The van der Waals surface area contributed by atoms with E-state index in [1.54, 1.807) is 14.0 Å². The van der Waals surface area contributed by atoms with Crippen molar-refractivity contribution < 1.29 is 14.3 Å². The van der Waals surface area contributed by atoms with Crippen LogP contribution in [0.15, 0.2) is 36.4 Å². The molecule has 3 unspecified atom stereocenters. The summed E-state index contributed by atoms with van der Waals surface area (Å²) in [5, 5.41) is 1.22. The van der Waals surface area contributed by atoms with Crippen molar-refractivity contribution in [1.29, 1.82) is 0 Å². The van der Waals surface area contributed by atoms with Crippen molar-refractivity contribution in [2.75, 3.05) is 20.7 Å². The molecule has 1 aromatic heterocycles. The number of benzene rings is 2. The Morgan fingerprint density at radius 1 is 1.02 bits per heavy atom. The van der Waals surface area contributed by atoms with Gasteiger partial charge in [-0.15, -0.1) is 0 Å². The highest BCUT2D eigenvalue weighted by Crippen LogP contribution is 2.60. The number of likely N-dealkylation sites (tertiary alicyclic amines) is 2. The Kier molecular flexibility index (Phi) is 6.40. The molecule has 3 aromatic rings. The molecule has 2 aromatic carbocycles. The summed E-state index contributed by atoms with van der Waals surface area (Å²) in [6.07, 6.45) is 8.43. The molecule has 4 fully saturated rings. The molecule has 2 saturated carbocycles. The number of carbonyl (C=O) groups is 2. The second-order valence-corrected chi connectivity index (χ2v) is 14.2. The standard InChI is InChI=1S/C36H45N3O3/c1-22-18-26(42-6)13-15-27(22)33-32(24-10-8-7-9-11-24)28-14-12-25(23(2)40)19-29(28)38(33)21-35(3,4)34(41)39-30-16-17-36(30)31(39)20-37(36)5/h12-15,18-19,24,30-31H,7-11,16-17,20-21H2,1-6H3. The lowest BCUT2D eigenvalue weighted by molar-refractivity contribution is -0.279. The summed E-state index contributed by atoms with van der Waals surface area (Å²) < 4.78 is 7.98. The second-order valence-electron chi connectivity index (χ2n) is 14.2. The number of hydrogen-bond acceptors (Lipinski definition) is 4. The third-order valence-electron chi connectivity index (χ3n) is 11.4. The number of ether oxygens (including phenoxy) is 1. The van der Waals surface area contributed by atoms with E-state index in [1.807, 2.05) is 6.07 Å². The van der Waals surface area contributed by atoms with Gasteiger partial charge < -0.3 is 14.2 Å². The number of nitrogens with zero attached hydrogens (tertiary/aromatic N) is 3. The van der Waals surface area contributed by atoms with Gasteiger partial charge in [-0.2, -0.15) is 0 Å². The van der Waals surface area contributed by atoms with Crippen LogP contribution >= 0.6 is 0 Å². The van der Waals surface area contributed by atoms with Crippen LogP contribution in [0, 0.1) is 12.3 Å². The predicted molar refractivity (Wildman–Crippen MR) is 167 cm³/mol. The minimum atomic E-state index is -0.604. The van der Waals surface area contributed by atoms with Crippen LogP contribution in [0.25, 0.3) is 22.2 Å². The minimum Gasteiger partial charge on any atom is -0.497 e. The average Bonchev–Trinajstić information content (AvgIpc) is 3.26. The number of piperazine rings is 1. The first-order valence-corrected chi connectivity index (χ1v) is 15.9. The molecule has 0 bridgehead atoms. The van der Waals surface area contributed by atoms with Crippen molar-refractivity contribution in [3.8, 4) is 17.0 Å². The number of likely N-dealkylation sites (N-methyl/N-ethyl adjacent to an activating group) is 1. The number of amides is 1. The first-order valence-electron chi connectivity index (χ1n) is 15.9. The Morgan fingerprint density at radius 3 is 2.38 bits per heavy atom. The number of carbonyl (C=O) groups excluding carboxylic acids is 2. The normalized spacial score (nSPS) is 25.7. The monoisotopic (exact) mass is 567 g/mol. The maximum absolute atomic E-state index is 14.4. The highest BCUT2D eigenvalue weighted by molar-refractivity contribution is 6.01. The topological polar surface area (TPSA) is 54.8 Å². The number of rotatable bonds is 7. The van der Waals surface area contributed by atoms with Crippen molar-refractivity contribution in [3.63, 3.8) is 0 Å². The molecule has 222 valence electrons. The summed E-state index contributed by atoms with van der Waals surface area (Å²) >= 11 is 0. The summed E-state index contributed by atoms with van der Waals surface area (Å²) in [4.78, 5) is 31.7. The fourth-order valence-corrected chi connectivity index (χ4v) is 8.96. The summed E-state index contributed by atoms with van der Waals surface area (Å²) in [5.74, 6) is 1.64. The van der Waals surface area contributed by atoms with E-state index in [9.17, 15) is 9.59 Å². The van der Waals surface area contributed by atoms with Gasteiger partial charge in [0.2, 0.25) is 5.91 Å². The van der Waals surface area contributed by atoms with Gasteiger partial charge in [0.25, 0.3) is 0 Å². The van der Waals surface area contributed by atoms with E-state index < -0.39 is 5.41 Å². The first-order chi connectivity index (χ1) is 20.1. The maximum Gasteiger partial charge on any atom is 0.230 e. The molecule has 4 aliphatic rings. The Bertz CT molecular complexity index is 1590. The van der Waals surface area contributed by atoms with Crippen LogP contribution in [0.1, 0.15) is 93.1 Å². The zero-order valence-corrected chi connectivity index (χ0v) is 26.1. The molecule has 3 atom stereocenters. The Morgan fingerprint density at radius 2 is 1.79 bits per heavy atom. The molecule has 0 N–H and O–H groups in total. The van der Waals surface area contributed by atoms with E-state index in [0.29, 0.717) is 24.5 Å². The Hall–Kier alpha value is -3.12. The molecular formula is C36H45N3O3. The van der Waals surface area contributed by atoms with Crippen LogP contribution in [0.4, 0.5) is 0 Å². The smallest absolute Gasteiger partial charge is 0.230 e. The predicted octanol–water partition coefficient (Wildman–Crippen LogP) is 6.96. The van der Waals surface area contributed by atoms with Gasteiger partial charge in [0, 0.05) is 35.1 Å². The van der Waals surface area contributed by atoms with Crippen LogP contribution < -0.4 is 4.74 Å². The third-order valence-corrected chi connectivity index (χ3v) is 11.4. The number of fused-ring (bicyclic) bond motifs is 1. The lowest BCUT2D eigenvalue weighted by Crippen LogP contribution is -2.96. The molecule has 2 aliphatic heterocycles. The largest absolute Gasteiger partial charge is 0.497 e. The quantitative estimate of drug-likeness (QED) is 0.290. The van der Waals surface area contributed by atoms with E-state index in [1.165, 1.54) is 60.7 Å². The molecule has 0 radical (unpaired) electrons. The summed E-state index contributed by atoms with van der Waals surface area (Å²) in [6.45, 7) is 9.60. The first kappa shape index (κ1) is 27.7. The summed E-state index contributed by atoms with van der Waals surface area (Å²) in [6, 6.07) is 13.3. The zero-order valence-electron chi connectivity index (χ0n) is 26.1. The SMILES string of the molecule is COc1ccc(-c2c(C3CCCCC3)c3ccc(C(C)=O)cc3n2CC(C)(C)C(=O)N2C3CCC34C2CN4C)c(C)c1. The lowest BCUT2D eigenvalue weighted by Gasteiger charge is -2.80. The van der Waals surface area contributed by atoms with Gasteiger partial charge in [-0.3, -0.25) is 14.5 Å². The zero-order chi connectivity index (χ0) is 29.6. The minimum absolute atomic E-state index is 0.0670. The lowest BCUT2D eigenvalue weighted by atomic mass is 9.52. The average molecular weight is 568 g/mol. The van der Waals surface area contributed by atoms with E-state index in [0.717, 1.165) is 35.4 Å². The molecule has 3 heterocycles. The van der Waals surface area contributed by atoms with E-state index in [-0.39, 0.29) is 17.2 Å². The fraction of sp³-hybridized carbons (Fsp3) is 0.556. The van der Waals surface area contributed by atoms with Crippen LogP contribution in [0.5, 0.6) is 5.75 Å². The van der Waals surface area contributed by atoms with Crippen molar-refractivity contribution in [1.82, 2.24) is 14.4 Å². The van der Waals surface area contributed by atoms with Crippen molar-refractivity contribution in [2.45, 2.75) is 103 Å². The molecule has 2 saturated heterocycles. The highest BCUT2D eigenvalue weighted by atomic mass is 16.5. The summed E-state index contributed by atoms with van der Waals surface area (Å²) in [5.41, 5.74) is 6.38. The fourth-order valence-electron chi connectivity index (χ4n) is 8.96. The molecule has 2 aliphatic carbocycles. The van der Waals surface area contributed by atoms with Gasteiger partial charge in [-0.05, 0) is 102 Å². The number of piperidine rings is 1. The number of methoxy groups -OCH3 is 1. The van der Waals surface area contributed by atoms with Crippen LogP contribution in [0.3, 0.4) is 0 Å². The van der Waals surface area contributed by atoms with Gasteiger partial charge in [-0.1, -0.05) is 31.4 Å². The maximum atomic E-state index is 14.4. The van der Waals surface area contributed by atoms with Gasteiger partial charge in [0.1, 0.15) is 5.75 Å². The van der Waals surface area contributed by atoms with Crippen molar-refractivity contribution >= 4 is 22.6 Å². The Balaban J connectivity index is 1.39. The number of ketones is 1. The van der Waals surface area contributed by atoms with Crippen molar-refractivity contribution in [3.05, 3.63) is 53.1 Å². The molecule has 6 nitrogen and oxygen atoms in total. The van der Waals surface area contributed by atoms with Gasteiger partial charge in [0.05, 0.1) is 35.8 Å². The molecule has 42 heavy (non-hydrogen) atoms. The molecule has 1 spiro atoms. The van der Waals surface area contributed by atoms with Crippen LogP contribution in [-0.2, 0) is 11.3 Å². The third kappa shape index (κ3) is 3.79.